The average molecular weight is 217 g/mol. The Labute approximate surface area is 93.9 Å². The number of nitrogens with two attached hydrogens (primary N) is 1. The van der Waals surface area contributed by atoms with Gasteiger partial charge in [0, 0.05) is 31.4 Å². The lowest BCUT2D eigenvalue weighted by Crippen LogP contribution is -2.43. The lowest BCUT2D eigenvalue weighted by Gasteiger charge is -2.31. The van der Waals surface area contributed by atoms with Gasteiger partial charge >= 0.3 is 0 Å². The highest BCUT2D eigenvalue weighted by atomic mass is 15.3. The summed E-state index contributed by atoms with van der Waals surface area (Å²) in [7, 11) is 0. The maximum atomic E-state index is 5.97. The number of fused-ring (bicyclic) bond motifs is 1. The molecular formula is C11H15N5. The summed E-state index contributed by atoms with van der Waals surface area (Å²) in [6, 6.07) is 4.18. The van der Waals surface area contributed by atoms with Crippen molar-refractivity contribution in [1.29, 1.82) is 0 Å². The van der Waals surface area contributed by atoms with Gasteiger partial charge in [0.15, 0.2) is 5.65 Å². The van der Waals surface area contributed by atoms with Crippen molar-refractivity contribution in [2.45, 2.75) is 18.9 Å². The van der Waals surface area contributed by atoms with E-state index in [0.717, 1.165) is 37.4 Å². The molecule has 2 N–H and O–H groups in total. The van der Waals surface area contributed by atoms with E-state index in [9.17, 15) is 0 Å². The van der Waals surface area contributed by atoms with Gasteiger partial charge in [0.1, 0.15) is 5.82 Å². The molecule has 16 heavy (non-hydrogen) atoms. The van der Waals surface area contributed by atoms with Gasteiger partial charge in [-0.3, -0.25) is 0 Å². The zero-order chi connectivity index (χ0) is 11.0. The van der Waals surface area contributed by atoms with E-state index in [0.29, 0.717) is 0 Å². The monoisotopic (exact) mass is 217 g/mol. The molecule has 0 aliphatic carbocycles. The normalized spacial score (nSPS) is 21.6. The molecule has 0 amide bonds. The van der Waals surface area contributed by atoms with Gasteiger partial charge < -0.3 is 10.6 Å². The van der Waals surface area contributed by atoms with Crippen LogP contribution >= 0.6 is 0 Å². The van der Waals surface area contributed by atoms with Crippen LogP contribution in [0, 0.1) is 0 Å². The first-order chi connectivity index (χ1) is 7.83. The van der Waals surface area contributed by atoms with Crippen LogP contribution in [0.1, 0.15) is 12.8 Å². The first-order valence-corrected chi connectivity index (χ1v) is 5.64. The quantitative estimate of drug-likeness (QED) is 0.762. The first-order valence-electron chi connectivity index (χ1n) is 5.64. The Kier molecular flexibility index (Phi) is 2.25. The topological polar surface area (TPSA) is 59.5 Å². The molecular weight excluding hydrogens is 202 g/mol. The Hall–Kier alpha value is -1.62. The minimum Gasteiger partial charge on any atom is -0.355 e. The molecule has 0 spiro atoms. The van der Waals surface area contributed by atoms with E-state index in [2.05, 4.69) is 15.0 Å². The second-order valence-electron chi connectivity index (χ2n) is 4.27. The largest absolute Gasteiger partial charge is 0.355 e. The molecule has 3 heterocycles. The Morgan fingerprint density at radius 2 is 2.31 bits per heavy atom. The molecule has 84 valence electrons. The van der Waals surface area contributed by atoms with E-state index in [4.69, 9.17) is 5.73 Å². The van der Waals surface area contributed by atoms with Gasteiger partial charge in [0.05, 0.1) is 6.20 Å². The van der Waals surface area contributed by atoms with Gasteiger partial charge in [-0.1, -0.05) is 0 Å². The number of nitrogens with zero attached hydrogens (tertiary/aromatic N) is 4. The third kappa shape index (κ3) is 1.63. The summed E-state index contributed by atoms with van der Waals surface area (Å²) in [5, 5.41) is 4.13. The highest BCUT2D eigenvalue weighted by Crippen LogP contribution is 2.17. The Bertz CT molecular complexity index is 492. The van der Waals surface area contributed by atoms with Gasteiger partial charge in [0.2, 0.25) is 0 Å². The lowest BCUT2D eigenvalue weighted by molar-refractivity contribution is 0.503. The van der Waals surface area contributed by atoms with E-state index >= 15 is 0 Å². The van der Waals surface area contributed by atoms with E-state index in [-0.39, 0.29) is 6.04 Å². The van der Waals surface area contributed by atoms with Gasteiger partial charge in [-0.15, -0.1) is 0 Å². The van der Waals surface area contributed by atoms with E-state index < -0.39 is 0 Å². The van der Waals surface area contributed by atoms with Gasteiger partial charge in [-0.2, -0.15) is 5.10 Å². The smallest absolute Gasteiger partial charge is 0.157 e. The van der Waals surface area contributed by atoms with Crippen LogP contribution in [0.5, 0.6) is 0 Å². The SMILES string of the molecule is N[C@@H]1CCCN(c2ccn3nccc3n2)C1. The van der Waals surface area contributed by atoms with Crippen molar-refractivity contribution in [2.24, 2.45) is 5.73 Å². The molecule has 1 aliphatic rings. The Balaban J connectivity index is 1.92. The van der Waals surface area contributed by atoms with Crippen molar-refractivity contribution in [3.8, 4) is 0 Å². The standard InChI is InChI=1S/C11H15N5/c12-9-2-1-6-15(8-9)10-4-7-16-11(14-10)3-5-13-16/h3-5,7,9H,1-2,6,8,12H2/t9-/m1/s1. The van der Waals surface area contributed by atoms with Crippen LogP contribution in [0.2, 0.25) is 0 Å². The van der Waals surface area contributed by atoms with Crippen molar-refractivity contribution >= 4 is 11.5 Å². The van der Waals surface area contributed by atoms with E-state index in [1.807, 2.05) is 18.3 Å². The minimum atomic E-state index is 0.275. The molecule has 1 atom stereocenters. The van der Waals surface area contributed by atoms with Gasteiger partial charge in [0.25, 0.3) is 0 Å². The number of piperidine rings is 1. The number of rotatable bonds is 1. The fourth-order valence-corrected chi connectivity index (χ4v) is 2.20. The van der Waals surface area contributed by atoms with Crippen molar-refractivity contribution in [3.63, 3.8) is 0 Å². The summed E-state index contributed by atoms with van der Waals surface area (Å²) in [6.45, 7) is 1.95. The second kappa shape index (κ2) is 3.75. The van der Waals surface area contributed by atoms with Crippen LogP contribution < -0.4 is 10.6 Å². The maximum Gasteiger partial charge on any atom is 0.157 e. The number of hydrogen-bond acceptors (Lipinski definition) is 4. The highest BCUT2D eigenvalue weighted by molar-refractivity contribution is 5.47. The molecule has 0 unspecified atom stereocenters. The molecule has 0 radical (unpaired) electrons. The van der Waals surface area contributed by atoms with Crippen LogP contribution in [-0.4, -0.2) is 33.7 Å². The highest BCUT2D eigenvalue weighted by Gasteiger charge is 2.17. The van der Waals surface area contributed by atoms with Crippen molar-refractivity contribution in [2.75, 3.05) is 18.0 Å². The van der Waals surface area contributed by atoms with Crippen LogP contribution in [0.4, 0.5) is 5.82 Å². The van der Waals surface area contributed by atoms with Gasteiger partial charge in [-0.05, 0) is 18.9 Å². The van der Waals surface area contributed by atoms with Crippen LogP contribution in [0.25, 0.3) is 5.65 Å². The third-order valence-corrected chi connectivity index (χ3v) is 3.03. The number of hydrogen-bond donors (Lipinski definition) is 1. The molecule has 1 fully saturated rings. The molecule has 1 aliphatic heterocycles. The zero-order valence-corrected chi connectivity index (χ0v) is 9.08. The molecule has 2 aromatic rings. The third-order valence-electron chi connectivity index (χ3n) is 3.03. The molecule has 3 rings (SSSR count). The van der Waals surface area contributed by atoms with Crippen LogP contribution in [0.3, 0.4) is 0 Å². The summed E-state index contributed by atoms with van der Waals surface area (Å²) < 4.78 is 1.77. The maximum absolute atomic E-state index is 5.97. The first kappa shape index (κ1) is 9.59. The van der Waals surface area contributed by atoms with Gasteiger partial charge in [-0.25, -0.2) is 9.50 Å². The summed E-state index contributed by atoms with van der Waals surface area (Å²) in [6.07, 6.45) is 5.96. The van der Waals surface area contributed by atoms with Crippen LogP contribution in [0.15, 0.2) is 24.5 Å². The summed E-state index contributed by atoms with van der Waals surface area (Å²) in [4.78, 5) is 6.82. The summed E-state index contributed by atoms with van der Waals surface area (Å²) >= 11 is 0. The fraction of sp³-hybridized carbons (Fsp3) is 0.455. The lowest BCUT2D eigenvalue weighted by atomic mass is 10.1. The summed E-state index contributed by atoms with van der Waals surface area (Å²) in [5.41, 5.74) is 6.85. The Morgan fingerprint density at radius 3 is 3.19 bits per heavy atom. The summed E-state index contributed by atoms with van der Waals surface area (Å²) in [5.74, 6) is 1.00. The van der Waals surface area contributed by atoms with E-state index in [1.54, 1.807) is 10.7 Å². The minimum absolute atomic E-state index is 0.275. The molecule has 0 aromatic carbocycles. The van der Waals surface area contributed by atoms with E-state index in [1.165, 1.54) is 0 Å². The predicted octanol–water partition coefficient (Wildman–Crippen LogP) is 0.657. The predicted molar refractivity (Wildman–Crippen MR) is 62.4 cm³/mol. The molecule has 1 saturated heterocycles. The van der Waals surface area contributed by atoms with Crippen LogP contribution in [-0.2, 0) is 0 Å². The molecule has 0 bridgehead atoms. The molecule has 5 heteroatoms. The molecule has 0 saturated carbocycles. The second-order valence-corrected chi connectivity index (χ2v) is 4.27. The van der Waals surface area contributed by atoms with Crippen molar-refractivity contribution in [3.05, 3.63) is 24.5 Å². The zero-order valence-electron chi connectivity index (χ0n) is 9.08. The fourth-order valence-electron chi connectivity index (χ4n) is 2.20. The number of anilines is 1. The molecule has 5 nitrogen and oxygen atoms in total. The van der Waals surface area contributed by atoms with Crippen molar-refractivity contribution < 1.29 is 0 Å². The van der Waals surface area contributed by atoms with Crippen molar-refractivity contribution in [1.82, 2.24) is 14.6 Å². The average Bonchev–Trinajstić information content (AvgIpc) is 2.75. The Morgan fingerprint density at radius 1 is 1.38 bits per heavy atom. The number of aromatic nitrogens is 3. The molecule has 2 aromatic heterocycles.